The lowest BCUT2D eigenvalue weighted by Gasteiger charge is -2.14. The zero-order chi connectivity index (χ0) is 28.7. The Morgan fingerprint density at radius 3 is 1.90 bits per heavy atom. The Morgan fingerprint density at radius 2 is 1.27 bits per heavy atom. The quantitative estimate of drug-likeness (QED) is 0.102. The molecular weight excluding hydrogens is 500 g/mol. The fraction of sp³-hybridized carbons (Fsp3) is 0.429. The van der Waals surface area contributed by atoms with Crippen LogP contribution in [0.2, 0.25) is 0 Å². The fourth-order valence-electron chi connectivity index (χ4n) is 4.21. The van der Waals surface area contributed by atoms with E-state index in [2.05, 4.69) is 20.8 Å². The molecule has 0 amide bonds. The van der Waals surface area contributed by atoms with Gasteiger partial charge >= 0.3 is 11.9 Å². The van der Waals surface area contributed by atoms with Crippen LogP contribution < -0.4 is 9.47 Å². The number of carbonyl (C=O) groups is 2. The molecule has 0 aliphatic heterocycles. The van der Waals surface area contributed by atoms with Crippen LogP contribution in [0.4, 0.5) is 0 Å². The minimum Gasteiger partial charge on any atom is -0.494 e. The number of hydrogen-bond donors (Lipinski definition) is 0. The van der Waals surface area contributed by atoms with Crippen molar-refractivity contribution >= 4 is 11.9 Å². The van der Waals surface area contributed by atoms with Crippen molar-refractivity contribution in [1.82, 2.24) is 0 Å². The summed E-state index contributed by atoms with van der Waals surface area (Å²) in [6.45, 7) is 9.35. The third-order valence-corrected chi connectivity index (χ3v) is 7.23. The largest absolute Gasteiger partial charge is 0.494 e. The SMILES string of the molecule is CCCCCCCCOc1ccc(-c2ccc(C(=O)Oc3ccc(C(C)C(=O)OC[C@@H](C)CC)cc3)cc2)cc1. The van der Waals surface area contributed by atoms with Crippen LogP contribution >= 0.6 is 0 Å². The molecule has 0 bridgehead atoms. The first-order valence-electron chi connectivity index (χ1n) is 14.7. The van der Waals surface area contributed by atoms with Crippen LogP contribution in [-0.2, 0) is 9.53 Å². The number of carbonyl (C=O) groups excluding carboxylic acids is 2. The highest BCUT2D eigenvalue weighted by Crippen LogP contribution is 2.25. The maximum Gasteiger partial charge on any atom is 0.343 e. The molecule has 0 spiro atoms. The van der Waals surface area contributed by atoms with Crippen molar-refractivity contribution in [3.63, 3.8) is 0 Å². The maximum atomic E-state index is 12.7. The van der Waals surface area contributed by atoms with Gasteiger partial charge in [-0.1, -0.05) is 95.7 Å². The number of unbranched alkanes of at least 4 members (excludes halogenated alkanes) is 5. The minimum atomic E-state index is -0.432. The highest BCUT2D eigenvalue weighted by Gasteiger charge is 2.18. The van der Waals surface area contributed by atoms with Crippen molar-refractivity contribution in [2.45, 2.75) is 78.6 Å². The summed E-state index contributed by atoms with van der Waals surface area (Å²) < 4.78 is 16.8. The minimum absolute atomic E-state index is 0.250. The zero-order valence-electron chi connectivity index (χ0n) is 24.5. The molecule has 5 nitrogen and oxygen atoms in total. The monoisotopic (exact) mass is 544 g/mol. The van der Waals surface area contributed by atoms with E-state index in [0.717, 1.165) is 41.9 Å². The Kier molecular flexibility index (Phi) is 12.8. The van der Waals surface area contributed by atoms with Crippen LogP contribution in [0.25, 0.3) is 11.1 Å². The molecule has 3 aromatic rings. The van der Waals surface area contributed by atoms with Gasteiger partial charge in [0.1, 0.15) is 11.5 Å². The second kappa shape index (κ2) is 16.5. The molecule has 2 atom stereocenters. The molecule has 0 fully saturated rings. The Labute approximate surface area is 239 Å². The van der Waals surface area contributed by atoms with Crippen molar-refractivity contribution in [3.8, 4) is 22.6 Å². The van der Waals surface area contributed by atoms with E-state index in [1.54, 1.807) is 36.4 Å². The molecule has 214 valence electrons. The first-order chi connectivity index (χ1) is 19.4. The van der Waals surface area contributed by atoms with Gasteiger partial charge in [0.05, 0.1) is 24.7 Å². The first kappa shape index (κ1) is 30.9. The average Bonchev–Trinajstić information content (AvgIpc) is 2.99. The van der Waals surface area contributed by atoms with Gasteiger partial charge in [0.2, 0.25) is 0 Å². The number of esters is 2. The summed E-state index contributed by atoms with van der Waals surface area (Å²) >= 11 is 0. The molecule has 3 aromatic carbocycles. The van der Waals surface area contributed by atoms with E-state index < -0.39 is 5.97 Å². The lowest BCUT2D eigenvalue weighted by Crippen LogP contribution is -2.17. The molecule has 0 heterocycles. The van der Waals surface area contributed by atoms with Crippen LogP contribution in [0, 0.1) is 5.92 Å². The normalized spacial score (nSPS) is 12.4. The third kappa shape index (κ3) is 9.86. The topological polar surface area (TPSA) is 61.8 Å². The van der Waals surface area contributed by atoms with E-state index in [4.69, 9.17) is 14.2 Å². The molecule has 3 rings (SSSR count). The lowest BCUT2D eigenvalue weighted by molar-refractivity contribution is -0.146. The van der Waals surface area contributed by atoms with E-state index in [9.17, 15) is 9.59 Å². The summed E-state index contributed by atoms with van der Waals surface area (Å²) in [4.78, 5) is 25.0. The van der Waals surface area contributed by atoms with Crippen molar-refractivity contribution in [1.29, 1.82) is 0 Å². The van der Waals surface area contributed by atoms with Gasteiger partial charge in [-0.05, 0) is 72.4 Å². The fourth-order valence-corrected chi connectivity index (χ4v) is 4.21. The molecule has 0 aromatic heterocycles. The molecule has 1 unspecified atom stereocenters. The van der Waals surface area contributed by atoms with Crippen molar-refractivity contribution in [2.75, 3.05) is 13.2 Å². The number of rotatable bonds is 16. The zero-order valence-corrected chi connectivity index (χ0v) is 24.5. The van der Waals surface area contributed by atoms with E-state index in [1.807, 2.05) is 43.3 Å². The molecule has 0 N–H and O–H groups in total. The van der Waals surface area contributed by atoms with E-state index in [0.29, 0.717) is 23.8 Å². The molecule has 5 heteroatoms. The van der Waals surface area contributed by atoms with Gasteiger partial charge in [0.15, 0.2) is 0 Å². The number of hydrogen-bond acceptors (Lipinski definition) is 5. The van der Waals surface area contributed by atoms with Crippen LogP contribution in [-0.4, -0.2) is 25.2 Å². The van der Waals surface area contributed by atoms with Gasteiger partial charge in [0, 0.05) is 0 Å². The van der Waals surface area contributed by atoms with Gasteiger partial charge in [-0.25, -0.2) is 4.79 Å². The summed E-state index contributed by atoms with van der Waals surface area (Å²) in [5, 5.41) is 0. The number of benzene rings is 3. The summed E-state index contributed by atoms with van der Waals surface area (Å²) in [6.07, 6.45) is 8.44. The Balaban J connectivity index is 1.48. The molecule has 40 heavy (non-hydrogen) atoms. The second-order valence-electron chi connectivity index (χ2n) is 10.5. The third-order valence-electron chi connectivity index (χ3n) is 7.23. The second-order valence-corrected chi connectivity index (χ2v) is 10.5. The smallest absolute Gasteiger partial charge is 0.343 e. The van der Waals surface area contributed by atoms with E-state index in [1.165, 1.54) is 32.1 Å². The van der Waals surface area contributed by atoms with Gasteiger partial charge in [-0.2, -0.15) is 0 Å². The van der Waals surface area contributed by atoms with Crippen LogP contribution in [0.15, 0.2) is 72.8 Å². The van der Waals surface area contributed by atoms with Crippen molar-refractivity contribution < 1.29 is 23.8 Å². The van der Waals surface area contributed by atoms with Crippen molar-refractivity contribution in [3.05, 3.63) is 83.9 Å². The van der Waals surface area contributed by atoms with E-state index in [-0.39, 0.29) is 11.9 Å². The summed E-state index contributed by atoms with van der Waals surface area (Å²) in [7, 11) is 0. The predicted octanol–water partition coefficient (Wildman–Crippen LogP) is 9.00. The highest BCUT2D eigenvalue weighted by atomic mass is 16.5. The van der Waals surface area contributed by atoms with Gasteiger partial charge in [-0.3, -0.25) is 4.79 Å². The standard InChI is InChI=1S/C35H44O5/c1-5-7-8-9-10-11-24-38-32-20-18-30(19-21-32)29-12-14-31(15-13-29)35(37)40-33-22-16-28(17-23-33)27(4)34(36)39-25-26(3)6-2/h12-23,26-27H,5-11,24-25H2,1-4H3/t26-,27?/m0/s1. The molecule has 0 saturated carbocycles. The first-order valence-corrected chi connectivity index (χ1v) is 14.7. The van der Waals surface area contributed by atoms with Crippen LogP contribution in [0.1, 0.15) is 94.5 Å². The Hall–Kier alpha value is -3.60. The van der Waals surface area contributed by atoms with Crippen LogP contribution in [0.5, 0.6) is 11.5 Å². The summed E-state index contributed by atoms with van der Waals surface area (Å²) in [5.74, 6) is 0.573. The van der Waals surface area contributed by atoms with Gasteiger partial charge in [-0.15, -0.1) is 0 Å². The lowest BCUT2D eigenvalue weighted by atomic mass is 10.0. The Bertz CT molecular complexity index is 1170. The van der Waals surface area contributed by atoms with Gasteiger partial charge < -0.3 is 14.2 Å². The molecule has 0 radical (unpaired) electrons. The van der Waals surface area contributed by atoms with E-state index >= 15 is 0 Å². The molecule has 0 aliphatic carbocycles. The molecule has 0 aliphatic rings. The average molecular weight is 545 g/mol. The number of ether oxygens (including phenoxy) is 3. The Morgan fingerprint density at radius 1 is 0.700 bits per heavy atom. The summed E-state index contributed by atoms with van der Waals surface area (Å²) in [5.41, 5.74) is 3.35. The predicted molar refractivity (Wildman–Crippen MR) is 161 cm³/mol. The van der Waals surface area contributed by atoms with Crippen LogP contribution in [0.3, 0.4) is 0 Å². The van der Waals surface area contributed by atoms with Gasteiger partial charge in [0.25, 0.3) is 0 Å². The summed E-state index contributed by atoms with van der Waals surface area (Å²) in [6, 6.07) is 22.4. The maximum absolute atomic E-state index is 12.7. The van der Waals surface area contributed by atoms with Crippen molar-refractivity contribution in [2.24, 2.45) is 5.92 Å². The highest BCUT2D eigenvalue weighted by molar-refractivity contribution is 5.91. The molecular formula is C35H44O5. The molecule has 0 saturated heterocycles.